The van der Waals surface area contributed by atoms with E-state index in [1.165, 1.54) is 18.4 Å². The van der Waals surface area contributed by atoms with Crippen LogP contribution in [0.2, 0.25) is 0 Å². The maximum atomic E-state index is 13.1. The largest absolute Gasteiger partial charge is 0.459 e. The molecule has 1 heterocycles. The van der Waals surface area contributed by atoms with Crippen molar-refractivity contribution < 1.29 is 13.6 Å². The fourth-order valence-electron chi connectivity index (χ4n) is 2.18. The normalized spacial score (nSPS) is 10.8. The van der Waals surface area contributed by atoms with Crippen molar-refractivity contribution in [2.45, 2.75) is 13.3 Å². The molecule has 3 N–H and O–H groups in total. The zero-order valence-electron chi connectivity index (χ0n) is 14.6. The van der Waals surface area contributed by atoms with Crippen LogP contribution in [0.25, 0.3) is 0 Å². The molecule has 1 amide bonds. The third-order valence-electron chi connectivity index (χ3n) is 3.35. The highest BCUT2D eigenvalue weighted by Gasteiger charge is 2.06. The number of halogens is 2. The van der Waals surface area contributed by atoms with E-state index in [0.717, 1.165) is 12.1 Å². The molecular formula is C18H24FIN4O2. The lowest BCUT2D eigenvalue weighted by molar-refractivity contribution is 0.0926. The first-order chi connectivity index (χ1) is 12.2. The summed E-state index contributed by atoms with van der Waals surface area (Å²) in [4.78, 5) is 16.2. The van der Waals surface area contributed by atoms with Crippen LogP contribution >= 0.6 is 24.0 Å². The van der Waals surface area contributed by atoms with E-state index in [2.05, 4.69) is 20.9 Å². The Kier molecular flexibility index (Phi) is 10.4. The van der Waals surface area contributed by atoms with Crippen LogP contribution < -0.4 is 16.0 Å². The number of furan rings is 1. The van der Waals surface area contributed by atoms with Crippen molar-refractivity contribution in [3.05, 3.63) is 59.8 Å². The van der Waals surface area contributed by atoms with Crippen molar-refractivity contribution in [2.75, 3.05) is 26.2 Å². The van der Waals surface area contributed by atoms with Crippen molar-refractivity contribution in [1.29, 1.82) is 0 Å². The number of nitrogens with one attached hydrogen (secondary N) is 3. The van der Waals surface area contributed by atoms with Gasteiger partial charge in [-0.05, 0) is 43.2 Å². The highest BCUT2D eigenvalue weighted by atomic mass is 127. The van der Waals surface area contributed by atoms with Crippen LogP contribution in [0.4, 0.5) is 4.39 Å². The van der Waals surface area contributed by atoms with Crippen LogP contribution in [-0.2, 0) is 6.42 Å². The Morgan fingerprint density at radius 2 is 1.96 bits per heavy atom. The summed E-state index contributed by atoms with van der Waals surface area (Å²) < 4.78 is 18.2. The average Bonchev–Trinajstić information content (AvgIpc) is 3.13. The summed E-state index contributed by atoms with van der Waals surface area (Å²) in [5, 5.41) is 9.02. The van der Waals surface area contributed by atoms with E-state index in [-0.39, 0.29) is 41.5 Å². The molecule has 2 rings (SSSR count). The minimum atomic E-state index is -0.250. The number of guanidine groups is 1. The number of rotatable bonds is 8. The van der Waals surface area contributed by atoms with Gasteiger partial charge in [0.25, 0.3) is 5.91 Å². The predicted molar refractivity (Wildman–Crippen MR) is 111 cm³/mol. The Balaban J connectivity index is 0.00000338. The molecule has 6 nitrogen and oxygen atoms in total. The lowest BCUT2D eigenvalue weighted by Gasteiger charge is -2.11. The summed E-state index contributed by atoms with van der Waals surface area (Å²) in [7, 11) is 0. The molecule has 0 spiro atoms. The molecule has 0 fully saturated rings. The smallest absolute Gasteiger partial charge is 0.287 e. The van der Waals surface area contributed by atoms with Gasteiger partial charge in [-0.1, -0.05) is 12.1 Å². The standard InChI is InChI=1S/C18H23FN4O2.HI/c1-2-20-18(22-9-8-14-5-3-6-15(19)13-14)23-11-10-21-17(24)16-7-4-12-25-16;/h3-7,12-13H,2,8-11H2,1H3,(H,21,24)(H2,20,22,23);1H. The van der Waals surface area contributed by atoms with Gasteiger partial charge in [-0.15, -0.1) is 24.0 Å². The zero-order valence-corrected chi connectivity index (χ0v) is 17.0. The van der Waals surface area contributed by atoms with Gasteiger partial charge in [-0.25, -0.2) is 4.39 Å². The topological polar surface area (TPSA) is 78.7 Å². The van der Waals surface area contributed by atoms with E-state index in [4.69, 9.17) is 4.42 Å². The summed E-state index contributed by atoms with van der Waals surface area (Å²) in [5.74, 6) is 0.459. The first-order valence-corrected chi connectivity index (χ1v) is 8.27. The summed E-state index contributed by atoms with van der Waals surface area (Å²) in [6, 6.07) is 9.79. The Hall–Kier alpha value is -2.10. The predicted octanol–water partition coefficient (Wildman–Crippen LogP) is 2.56. The number of hydrogen-bond donors (Lipinski definition) is 3. The molecule has 0 radical (unpaired) electrons. The zero-order chi connectivity index (χ0) is 17.9. The number of hydrogen-bond acceptors (Lipinski definition) is 3. The highest BCUT2D eigenvalue weighted by Crippen LogP contribution is 2.04. The van der Waals surface area contributed by atoms with Crippen LogP contribution in [-0.4, -0.2) is 38.0 Å². The third kappa shape index (κ3) is 7.85. The first-order valence-electron chi connectivity index (χ1n) is 8.27. The second-order valence-corrected chi connectivity index (χ2v) is 5.30. The van der Waals surface area contributed by atoms with Gasteiger partial charge in [0.2, 0.25) is 0 Å². The molecule has 1 aromatic carbocycles. The molecule has 0 aliphatic carbocycles. The molecule has 0 bridgehead atoms. The van der Waals surface area contributed by atoms with Crippen LogP contribution in [0.1, 0.15) is 23.0 Å². The molecule has 0 atom stereocenters. The van der Waals surface area contributed by atoms with E-state index in [9.17, 15) is 9.18 Å². The van der Waals surface area contributed by atoms with Gasteiger partial charge in [0, 0.05) is 26.2 Å². The molecule has 8 heteroatoms. The van der Waals surface area contributed by atoms with Gasteiger partial charge in [-0.2, -0.15) is 0 Å². The van der Waals surface area contributed by atoms with E-state index in [1.54, 1.807) is 18.2 Å². The molecule has 1 aromatic heterocycles. The molecule has 26 heavy (non-hydrogen) atoms. The molecular weight excluding hydrogens is 450 g/mol. The van der Waals surface area contributed by atoms with Gasteiger partial charge in [0.05, 0.1) is 6.26 Å². The van der Waals surface area contributed by atoms with Crippen LogP contribution in [0.5, 0.6) is 0 Å². The first kappa shape index (κ1) is 21.9. The monoisotopic (exact) mass is 474 g/mol. The van der Waals surface area contributed by atoms with Crippen molar-refractivity contribution in [2.24, 2.45) is 4.99 Å². The van der Waals surface area contributed by atoms with E-state index >= 15 is 0 Å². The molecule has 0 aliphatic rings. The lowest BCUT2D eigenvalue weighted by Crippen LogP contribution is -2.41. The molecule has 2 aromatic rings. The van der Waals surface area contributed by atoms with Crippen LogP contribution in [0.3, 0.4) is 0 Å². The fourth-order valence-corrected chi connectivity index (χ4v) is 2.18. The van der Waals surface area contributed by atoms with Crippen molar-refractivity contribution in [3.63, 3.8) is 0 Å². The van der Waals surface area contributed by atoms with Crippen LogP contribution in [0.15, 0.2) is 52.1 Å². The lowest BCUT2D eigenvalue weighted by atomic mass is 10.1. The number of benzene rings is 1. The van der Waals surface area contributed by atoms with Gasteiger partial charge in [-0.3, -0.25) is 9.79 Å². The SMILES string of the molecule is CCNC(=NCCc1cccc(F)c1)NCCNC(=O)c1ccco1.I. The third-order valence-corrected chi connectivity index (χ3v) is 3.35. The fraction of sp³-hybridized carbons (Fsp3) is 0.333. The molecule has 142 valence electrons. The van der Waals surface area contributed by atoms with E-state index in [0.29, 0.717) is 32.0 Å². The second-order valence-electron chi connectivity index (χ2n) is 5.30. The Morgan fingerprint density at radius 1 is 1.15 bits per heavy atom. The number of aliphatic imine (C=N–C) groups is 1. The van der Waals surface area contributed by atoms with Gasteiger partial charge in [0.1, 0.15) is 5.82 Å². The molecule has 0 saturated carbocycles. The van der Waals surface area contributed by atoms with Crippen LogP contribution in [0, 0.1) is 5.82 Å². The summed E-state index contributed by atoms with van der Waals surface area (Å²) in [5.41, 5.74) is 0.908. The van der Waals surface area contributed by atoms with Crippen molar-refractivity contribution in [3.8, 4) is 0 Å². The van der Waals surface area contributed by atoms with Crippen molar-refractivity contribution >= 4 is 35.8 Å². The Morgan fingerprint density at radius 3 is 2.65 bits per heavy atom. The Labute approximate surface area is 169 Å². The maximum Gasteiger partial charge on any atom is 0.287 e. The Bertz CT molecular complexity index is 692. The summed E-state index contributed by atoms with van der Waals surface area (Å²) in [6.07, 6.45) is 2.12. The van der Waals surface area contributed by atoms with Gasteiger partial charge < -0.3 is 20.4 Å². The second kappa shape index (κ2) is 12.3. The number of carbonyl (C=O) groups is 1. The molecule has 0 unspecified atom stereocenters. The number of amides is 1. The minimum Gasteiger partial charge on any atom is -0.459 e. The van der Waals surface area contributed by atoms with Crippen molar-refractivity contribution in [1.82, 2.24) is 16.0 Å². The van der Waals surface area contributed by atoms with Gasteiger partial charge >= 0.3 is 0 Å². The molecule has 0 saturated heterocycles. The number of carbonyl (C=O) groups excluding carboxylic acids is 1. The maximum absolute atomic E-state index is 13.1. The summed E-state index contributed by atoms with van der Waals surface area (Å²) in [6.45, 7) is 4.21. The highest BCUT2D eigenvalue weighted by molar-refractivity contribution is 14.0. The average molecular weight is 474 g/mol. The quantitative estimate of drug-likeness (QED) is 0.238. The number of nitrogens with zero attached hydrogens (tertiary/aromatic N) is 1. The minimum absolute atomic E-state index is 0. The summed E-state index contributed by atoms with van der Waals surface area (Å²) >= 11 is 0. The molecule has 0 aliphatic heterocycles. The van der Waals surface area contributed by atoms with E-state index in [1.807, 2.05) is 13.0 Å². The van der Waals surface area contributed by atoms with Gasteiger partial charge in [0.15, 0.2) is 11.7 Å². The van der Waals surface area contributed by atoms with E-state index < -0.39 is 0 Å².